The maximum atomic E-state index is 9.95. The Balaban J connectivity index is 1.78. The summed E-state index contributed by atoms with van der Waals surface area (Å²) in [6, 6.07) is 0. The molecule has 0 amide bonds. The SMILES string of the molecule is CCCCCCCCCCCCCC/C=C/CCCOC[C@@H](O)[C@@H]1OC[C@H](O)[C@@H]1O. The molecule has 0 spiro atoms. The van der Waals surface area contributed by atoms with E-state index < -0.39 is 24.4 Å². The van der Waals surface area contributed by atoms with E-state index in [0.29, 0.717) is 6.61 Å². The van der Waals surface area contributed by atoms with Crippen LogP contribution in [0.2, 0.25) is 0 Å². The monoisotopic (exact) mass is 428 g/mol. The van der Waals surface area contributed by atoms with Crippen LogP contribution in [0.25, 0.3) is 0 Å². The molecule has 1 fully saturated rings. The normalized spacial score (nSPS) is 22.9. The average molecular weight is 429 g/mol. The number of unbranched alkanes of at least 4 members (excludes halogenated alkanes) is 13. The van der Waals surface area contributed by atoms with Gasteiger partial charge in [0, 0.05) is 6.61 Å². The van der Waals surface area contributed by atoms with Gasteiger partial charge in [-0.1, -0.05) is 89.7 Å². The van der Waals surface area contributed by atoms with Gasteiger partial charge in [-0.05, 0) is 25.7 Å². The number of aliphatic hydroxyl groups excluding tert-OH is 3. The standard InChI is InChI=1S/C25H48O5/c1-2-3-4-5-6-7-8-9-10-11-12-13-14-15-16-17-18-19-29-20-23(27)25-24(28)22(26)21-30-25/h15-16,22-28H,2-14,17-21H2,1H3/b16-15+/t22-,23+,24-,25-/m0/s1. The Morgan fingerprint density at radius 1 is 0.833 bits per heavy atom. The van der Waals surface area contributed by atoms with Crippen LogP contribution in [0.1, 0.15) is 103 Å². The van der Waals surface area contributed by atoms with Crippen molar-refractivity contribution in [1.82, 2.24) is 0 Å². The van der Waals surface area contributed by atoms with Crippen LogP contribution in [-0.4, -0.2) is 59.6 Å². The zero-order valence-electron chi connectivity index (χ0n) is 19.4. The van der Waals surface area contributed by atoms with Gasteiger partial charge in [-0.25, -0.2) is 0 Å². The molecule has 1 aliphatic rings. The van der Waals surface area contributed by atoms with Gasteiger partial charge in [0.25, 0.3) is 0 Å². The minimum Gasteiger partial charge on any atom is -0.388 e. The third kappa shape index (κ3) is 13.8. The predicted octanol–water partition coefficient (Wildman–Crippen LogP) is 4.91. The molecule has 1 rings (SSSR count). The molecule has 0 unspecified atom stereocenters. The van der Waals surface area contributed by atoms with Crippen LogP contribution in [0, 0.1) is 0 Å². The molecule has 1 saturated heterocycles. The van der Waals surface area contributed by atoms with Crippen LogP contribution in [-0.2, 0) is 9.47 Å². The lowest BCUT2D eigenvalue weighted by Crippen LogP contribution is -2.40. The predicted molar refractivity (Wildman–Crippen MR) is 123 cm³/mol. The summed E-state index contributed by atoms with van der Waals surface area (Å²) in [6.07, 6.45) is 20.6. The largest absolute Gasteiger partial charge is 0.388 e. The molecule has 3 N–H and O–H groups in total. The van der Waals surface area contributed by atoms with Gasteiger partial charge in [-0.3, -0.25) is 0 Å². The molecule has 0 bridgehead atoms. The van der Waals surface area contributed by atoms with E-state index in [-0.39, 0.29) is 13.2 Å². The minimum atomic E-state index is -1.04. The van der Waals surface area contributed by atoms with E-state index in [9.17, 15) is 15.3 Å². The van der Waals surface area contributed by atoms with Crippen molar-refractivity contribution in [2.45, 2.75) is 128 Å². The second kappa shape index (κ2) is 19.2. The van der Waals surface area contributed by atoms with E-state index in [4.69, 9.17) is 9.47 Å². The molecule has 30 heavy (non-hydrogen) atoms. The highest BCUT2D eigenvalue weighted by Crippen LogP contribution is 2.18. The Kier molecular flexibility index (Phi) is 17.7. The molecule has 178 valence electrons. The number of aliphatic hydroxyl groups is 3. The summed E-state index contributed by atoms with van der Waals surface area (Å²) in [4.78, 5) is 0. The van der Waals surface area contributed by atoms with Gasteiger partial charge in [0.05, 0.1) is 13.2 Å². The van der Waals surface area contributed by atoms with Crippen molar-refractivity contribution in [1.29, 1.82) is 0 Å². The molecule has 4 atom stereocenters. The Hall–Kier alpha value is -0.460. The first-order chi connectivity index (χ1) is 14.7. The van der Waals surface area contributed by atoms with E-state index in [0.717, 1.165) is 19.3 Å². The van der Waals surface area contributed by atoms with Crippen LogP contribution >= 0.6 is 0 Å². The fourth-order valence-corrected chi connectivity index (χ4v) is 3.91. The third-order valence-corrected chi connectivity index (χ3v) is 5.91. The maximum absolute atomic E-state index is 9.95. The van der Waals surface area contributed by atoms with Gasteiger partial charge in [0.15, 0.2) is 0 Å². The summed E-state index contributed by atoms with van der Waals surface area (Å²) in [6.45, 7) is 3.03. The molecule has 0 aromatic carbocycles. The first kappa shape index (κ1) is 27.6. The molecule has 0 aromatic rings. The van der Waals surface area contributed by atoms with Crippen LogP contribution < -0.4 is 0 Å². The Morgan fingerprint density at radius 3 is 1.90 bits per heavy atom. The molecular weight excluding hydrogens is 380 g/mol. The quantitative estimate of drug-likeness (QED) is 0.190. The first-order valence-corrected chi connectivity index (χ1v) is 12.5. The fourth-order valence-electron chi connectivity index (χ4n) is 3.91. The van der Waals surface area contributed by atoms with Crippen LogP contribution in [0.3, 0.4) is 0 Å². The van der Waals surface area contributed by atoms with Crippen molar-refractivity contribution in [3.8, 4) is 0 Å². The Labute approximate surface area is 184 Å². The van der Waals surface area contributed by atoms with Gasteiger partial charge >= 0.3 is 0 Å². The van der Waals surface area contributed by atoms with Crippen molar-refractivity contribution in [3.05, 3.63) is 12.2 Å². The van der Waals surface area contributed by atoms with E-state index in [1.807, 2.05) is 0 Å². The highest BCUT2D eigenvalue weighted by atomic mass is 16.5. The summed E-state index contributed by atoms with van der Waals surface area (Å²) in [5, 5.41) is 29.0. The van der Waals surface area contributed by atoms with E-state index in [1.165, 1.54) is 77.0 Å². The fraction of sp³-hybridized carbons (Fsp3) is 0.920. The lowest BCUT2D eigenvalue weighted by molar-refractivity contribution is -0.0811. The lowest BCUT2D eigenvalue weighted by atomic mass is 10.0. The van der Waals surface area contributed by atoms with Crippen LogP contribution in [0.5, 0.6) is 0 Å². The van der Waals surface area contributed by atoms with Crippen molar-refractivity contribution in [2.24, 2.45) is 0 Å². The highest BCUT2D eigenvalue weighted by Gasteiger charge is 2.39. The molecule has 0 aromatic heterocycles. The molecule has 5 nitrogen and oxygen atoms in total. The summed E-state index contributed by atoms with van der Waals surface area (Å²) in [5.41, 5.74) is 0. The van der Waals surface area contributed by atoms with Crippen LogP contribution in [0.15, 0.2) is 12.2 Å². The van der Waals surface area contributed by atoms with Crippen LogP contribution in [0.4, 0.5) is 0 Å². The van der Waals surface area contributed by atoms with E-state index in [2.05, 4.69) is 19.1 Å². The summed E-state index contributed by atoms with van der Waals surface area (Å²) < 4.78 is 10.6. The van der Waals surface area contributed by atoms with Gasteiger partial charge < -0.3 is 24.8 Å². The minimum absolute atomic E-state index is 0.0624. The summed E-state index contributed by atoms with van der Waals surface area (Å²) in [5.74, 6) is 0. The first-order valence-electron chi connectivity index (χ1n) is 12.5. The number of hydrogen-bond donors (Lipinski definition) is 3. The molecule has 0 radical (unpaired) electrons. The lowest BCUT2D eigenvalue weighted by Gasteiger charge is -2.20. The molecule has 1 heterocycles. The molecule has 0 aliphatic carbocycles. The summed E-state index contributed by atoms with van der Waals surface area (Å²) in [7, 11) is 0. The van der Waals surface area contributed by atoms with Crippen molar-refractivity contribution >= 4 is 0 Å². The van der Waals surface area contributed by atoms with Gasteiger partial charge in [0.2, 0.25) is 0 Å². The Morgan fingerprint density at radius 2 is 1.37 bits per heavy atom. The molecule has 0 saturated carbocycles. The van der Waals surface area contributed by atoms with Gasteiger partial charge in [0.1, 0.15) is 24.4 Å². The van der Waals surface area contributed by atoms with Crippen molar-refractivity contribution in [2.75, 3.05) is 19.8 Å². The smallest absolute Gasteiger partial charge is 0.114 e. The van der Waals surface area contributed by atoms with E-state index in [1.54, 1.807) is 0 Å². The van der Waals surface area contributed by atoms with Crippen molar-refractivity contribution < 1.29 is 24.8 Å². The topological polar surface area (TPSA) is 79.2 Å². The molecule has 1 aliphatic heterocycles. The third-order valence-electron chi connectivity index (χ3n) is 5.91. The zero-order chi connectivity index (χ0) is 21.9. The number of ether oxygens (including phenoxy) is 2. The molecule has 5 heteroatoms. The van der Waals surface area contributed by atoms with E-state index >= 15 is 0 Å². The average Bonchev–Trinajstić information content (AvgIpc) is 3.08. The Bertz CT molecular complexity index is 401. The number of hydrogen-bond acceptors (Lipinski definition) is 5. The second-order valence-corrected chi connectivity index (χ2v) is 8.79. The van der Waals surface area contributed by atoms with Gasteiger partial charge in [-0.15, -0.1) is 0 Å². The maximum Gasteiger partial charge on any atom is 0.114 e. The summed E-state index contributed by atoms with van der Waals surface area (Å²) >= 11 is 0. The number of rotatable bonds is 20. The van der Waals surface area contributed by atoms with Gasteiger partial charge in [-0.2, -0.15) is 0 Å². The van der Waals surface area contributed by atoms with Crippen molar-refractivity contribution in [3.63, 3.8) is 0 Å². The zero-order valence-corrected chi connectivity index (χ0v) is 19.4. The molecular formula is C25H48O5. The highest BCUT2D eigenvalue weighted by molar-refractivity contribution is 4.87. The number of allylic oxidation sites excluding steroid dienone is 2. The second-order valence-electron chi connectivity index (χ2n) is 8.79.